The predicted octanol–water partition coefficient (Wildman–Crippen LogP) is 2.63. The molecule has 3 heterocycles. The highest BCUT2D eigenvalue weighted by Crippen LogP contribution is 2.30. The van der Waals surface area contributed by atoms with Gasteiger partial charge in [-0.3, -0.25) is 10.1 Å². The minimum absolute atomic E-state index is 0.0654. The third-order valence-electron chi connectivity index (χ3n) is 3.33. The molecule has 0 aliphatic carbocycles. The Kier molecular flexibility index (Phi) is 3.90. The summed E-state index contributed by atoms with van der Waals surface area (Å²) in [4.78, 5) is 23.4. The van der Waals surface area contributed by atoms with Crippen molar-refractivity contribution < 1.29 is 4.92 Å². The smallest absolute Gasteiger partial charge is 0.319 e. The van der Waals surface area contributed by atoms with E-state index in [1.165, 1.54) is 11.0 Å². The summed E-state index contributed by atoms with van der Waals surface area (Å²) in [6, 6.07) is 7.17. The van der Waals surface area contributed by atoms with Crippen LogP contribution >= 0.6 is 0 Å². The van der Waals surface area contributed by atoms with E-state index in [2.05, 4.69) is 25.4 Å². The van der Waals surface area contributed by atoms with Crippen molar-refractivity contribution in [3.8, 4) is 5.82 Å². The second-order valence-electron chi connectivity index (χ2n) is 5.28. The Labute approximate surface area is 137 Å². The van der Waals surface area contributed by atoms with Gasteiger partial charge in [0.1, 0.15) is 12.1 Å². The molecule has 0 spiro atoms. The fraction of sp³-hybridized carbons (Fsp3) is 0.200. The zero-order valence-corrected chi connectivity index (χ0v) is 13.4. The molecule has 0 bridgehead atoms. The number of aryl methyl sites for hydroxylation is 3. The van der Waals surface area contributed by atoms with E-state index in [0.29, 0.717) is 5.82 Å². The lowest BCUT2D eigenvalue weighted by Crippen LogP contribution is -2.10. The summed E-state index contributed by atoms with van der Waals surface area (Å²) in [5, 5.41) is 18.8. The van der Waals surface area contributed by atoms with E-state index < -0.39 is 4.92 Å². The van der Waals surface area contributed by atoms with Crippen molar-refractivity contribution in [1.82, 2.24) is 24.7 Å². The monoisotopic (exact) mass is 325 g/mol. The normalized spacial score (nSPS) is 10.6. The second-order valence-corrected chi connectivity index (χ2v) is 5.28. The van der Waals surface area contributed by atoms with Crippen molar-refractivity contribution in [2.75, 3.05) is 5.32 Å². The minimum atomic E-state index is -0.524. The molecule has 0 atom stereocenters. The molecule has 0 saturated carbocycles. The lowest BCUT2D eigenvalue weighted by molar-refractivity contribution is -0.384. The number of anilines is 2. The SMILES string of the molecule is Cc1cccc(Nc2ncnc(-n3nc(C)cc3C)c2[N+](=O)[O-])n1. The van der Waals surface area contributed by atoms with Gasteiger partial charge in [-0.1, -0.05) is 6.07 Å². The first-order valence-electron chi connectivity index (χ1n) is 7.19. The number of hydrogen-bond donors (Lipinski definition) is 1. The summed E-state index contributed by atoms with van der Waals surface area (Å²) in [6.07, 6.45) is 1.26. The molecule has 0 amide bonds. The van der Waals surface area contributed by atoms with Crippen LogP contribution in [0.1, 0.15) is 17.1 Å². The third-order valence-corrected chi connectivity index (χ3v) is 3.33. The molecule has 3 aromatic heterocycles. The highest BCUT2D eigenvalue weighted by molar-refractivity contribution is 5.68. The number of nitrogens with one attached hydrogen (secondary N) is 1. The first-order valence-corrected chi connectivity index (χ1v) is 7.19. The Morgan fingerprint density at radius 2 is 1.96 bits per heavy atom. The Hall–Kier alpha value is -3.36. The molecule has 3 rings (SSSR count). The van der Waals surface area contributed by atoms with Gasteiger partial charge in [0.25, 0.3) is 0 Å². The first kappa shape index (κ1) is 15.5. The van der Waals surface area contributed by atoms with E-state index in [4.69, 9.17) is 0 Å². The van der Waals surface area contributed by atoms with Crippen LogP contribution in [0.4, 0.5) is 17.3 Å². The van der Waals surface area contributed by atoms with Crippen LogP contribution in [-0.2, 0) is 0 Å². The second kappa shape index (κ2) is 6.03. The lowest BCUT2D eigenvalue weighted by atomic mass is 10.3. The molecule has 122 valence electrons. The summed E-state index contributed by atoms with van der Waals surface area (Å²) in [5.41, 5.74) is 2.02. The Bertz CT molecular complexity index is 920. The average Bonchev–Trinajstić information content (AvgIpc) is 2.85. The maximum atomic E-state index is 11.6. The zero-order valence-electron chi connectivity index (χ0n) is 13.4. The van der Waals surface area contributed by atoms with Gasteiger partial charge in [-0.2, -0.15) is 5.10 Å². The summed E-state index contributed by atoms with van der Waals surface area (Å²) < 4.78 is 1.43. The predicted molar refractivity (Wildman–Crippen MR) is 87.5 cm³/mol. The maximum absolute atomic E-state index is 11.6. The standard InChI is InChI=1S/C15H15N7O2/c1-9-5-4-6-12(18-9)19-14-13(22(23)24)15(17-8-16-14)21-11(3)7-10(2)20-21/h4-8H,1-3H3,(H,16,17,18,19). The fourth-order valence-corrected chi connectivity index (χ4v) is 2.36. The van der Waals surface area contributed by atoms with E-state index in [9.17, 15) is 10.1 Å². The van der Waals surface area contributed by atoms with Gasteiger partial charge >= 0.3 is 5.69 Å². The summed E-state index contributed by atoms with van der Waals surface area (Å²) in [6.45, 7) is 5.45. The van der Waals surface area contributed by atoms with Gasteiger partial charge in [-0.05, 0) is 39.0 Å². The first-order chi connectivity index (χ1) is 11.5. The van der Waals surface area contributed by atoms with Crippen LogP contribution in [-0.4, -0.2) is 29.7 Å². The average molecular weight is 325 g/mol. The van der Waals surface area contributed by atoms with E-state index in [0.717, 1.165) is 17.1 Å². The van der Waals surface area contributed by atoms with Crippen molar-refractivity contribution in [2.24, 2.45) is 0 Å². The van der Waals surface area contributed by atoms with Gasteiger partial charge in [0, 0.05) is 11.4 Å². The maximum Gasteiger partial charge on any atom is 0.356 e. The number of hydrogen-bond acceptors (Lipinski definition) is 7. The van der Waals surface area contributed by atoms with Crippen molar-refractivity contribution in [1.29, 1.82) is 0 Å². The van der Waals surface area contributed by atoms with E-state index >= 15 is 0 Å². The molecule has 0 aromatic carbocycles. The Balaban J connectivity index is 2.12. The van der Waals surface area contributed by atoms with Crippen LogP contribution < -0.4 is 5.32 Å². The number of aromatic nitrogens is 5. The lowest BCUT2D eigenvalue weighted by Gasteiger charge is -2.09. The molecule has 3 aromatic rings. The molecule has 9 heteroatoms. The van der Waals surface area contributed by atoms with Crippen LogP contribution in [0.15, 0.2) is 30.6 Å². The third kappa shape index (κ3) is 2.91. The highest BCUT2D eigenvalue weighted by Gasteiger charge is 2.26. The largest absolute Gasteiger partial charge is 0.356 e. The molecule has 0 radical (unpaired) electrons. The van der Waals surface area contributed by atoms with Crippen LogP contribution in [0.3, 0.4) is 0 Å². The van der Waals surface area contributed by atoms with Gasteiger partial charge in [-0.25, -0.2) is 19.6 Å². The van der Waals surface area contributed by atoms with Crippen molar-refractivity contribution in [3.63, 3.8) is 0 Å². The number of rotatable bonds is 4. The van der Waals surface area contributed by atoms with Gasteiger partial charge in [0.05, 0.1) is 10.6 Å². The molecule has 0 unspecified atom stereocenters. The van der Waals surface area contributed by atoms with Gasteiger partial charge < -0.3 is 5.32 Å². The molecule has 1 N–H and O–H groups in total. The Morgan fingerprint density at radius 3 is 2.58 bits per heavy atom. The van der Waals surface area contributed by atoms with E-state index in [-0.39, 0.29) is 17.3 Å². The number of nitro groups is 1. The van der Waals surface area contributed by atoms with Gasteiger partial charge in [0.2, 0.25) is 11.6 Å². The van der Waals surface area contributed by atoms with Gasteiger partial charge in [0.15, 0.2) is 0 Å². The molecular weight excluding hydrogens is 310 g/mol. The highest BCUT2D eigenvalue weighted by atomic mass is 16.6. The van der Waals surface area contributed by atoms with E-state index in [1.807, 2.05) is 26.0 Å². The molecular formula is C15H15N7O2. The summed E-state index contributed by atoms with van der Waals surface area (Å²) in [5.74, 6) is 0.641. The molecule has 0 aliphatic rings. The van der Waals surface area contributed by atoms with Crippen molar-refractivity contribution >= 4 is 17.3 Å². The molecule has 0 fully saturated rings. The summed E-state index contributed by atoms with van der Waals surface area (Å²) in [7, 11) is 0. The fourth-order valence-electron chi connectivity index (χ4n) is 2.36. The zero-order chi connectivity index (χ0) is 17.3. The van der Waals surface area contributed by atoms with E-state index in [1.54, 1.807) is 19.1 Å². The molecule has 0 aliphatic heterocycles. The minimum Gasteiger partial charge on any atom is -0.319 e. The molecule has 24 heavy (non-hydrogen) atoms. The molecule has 9 nitrogen and oxygen atoms in total. The number of pyridine rings is 1. The quantitative estimate of drug-likeness (QED) is 0.579. The van der Waals surface area contributed by atoms with Crippen LogP contribution in [0.25, 0.3) is 5.82 Å². The molecule has 0 saturated heterocycles. The van der Waals surface area contributed by atoms with Crippen LogP contribution in [0.5, 0.6) is 0 Å². The number of nitrogens with zero attached hydrogens (tertiary/aromatic N) is 6. The van der Waals surface area contributed by atoms with Crippen molar-refractivity contribution in [2.45, 2.75) is 20.8 Å². The van der Waals surface area contributed by atoms with Crippen LogP contribution in [0.2, 0.25) is 0 Å². The topological polar surface area (TPSA) is 112 Å². The summed E-state index contributed by atoms with van der Waals surface area (Å²) >= 11 is 0. The van der Waals surface area contributed by atoms with Crippen molar-refractivity contribution in [3.05, 3.63) is 57.8 Å². The van der Waals surface area contributed by atoms with Gasteiger partial charge in [-0.15, -0.1) is 0 Å². The van der Waals surface area contributed by atoms with Crippen LogP contribution in [0, 0.1) is 30.9 Å². The Morgan fingerprint density at radius 1 is 1.17 bits per heavy atom.